The fraction of sp³-hybridized carbons (Fsp3) is 0. The van der Waals surface area contributed by atoms with Crippen molar-refractivity contribution in [3.63, 3.8) is 0 Å². The fourth-order valence-corrected chi connectivity index (χ4v) is 10.8. The van der Waals surface area contributed by atoms with Crippen molar-refractivity contribution < 1.29 is 0 Å². The average molecular weight is 877 g/mol. The summed E-state index contributed by atoms with van der Waals surface area (Å²) in [5.74, 6) is 1.84. The molecule has 12 aromatic carbocycles. The van der Waals surface area contributed by atoms with Crippen molar-refractivity contribution in [3.05, 3.63) is 243 Å². The molecule has 69 heavy (non-hydrogen) atoms. The highest BCUT2D eigenvalue weighted by molar-refractivity contribution is 6.21. The van der Waals surface area contributed by atoms with Gasteiger partial charge in [-0.05, 0) is 89.9 Å². The molecule has 0 bridgehead atoms. The highest BCUT2D eigenvalue weighted by Crippen LogP contribution is 2.51. The Morgan fingerprint density at radius 2 is 0.710 bits per heavy atom. The molecular formula is C65H40N4. The maximum absolute atomic E-state index is 5.61. The normalized spacial score (nSPS) is 11.8. The third-order valence-electron chi connectivity index (χ3n) is 13.9. The first-order valence-corrected chi connectivity index (χ1v) is 23.5. The van der Waals surface area contributed by atoms with Gasteiger partial charge in [-0.1, -0.05) is 212 Å². The first-order valence-electron chi connectivity index (χ1n) is 23.5. The summed E-state index contributed by atoms with van der Waals surface area (Å²) in [6.07, 6.45) is 0. The molecule has 4 nitrogen and oxygen atoms in total. The van der Waals surface area contributed by atoms with Crippen LogP contribution in [0.3, 0.4) is 0 Å². The van der Waals surface area contributed by atoms with E-state index in [9.17, 15) is 0 Å². The Kier molecular flexibility index (Phi) is 8.86. The van der Waals surface area contributed by atoms with E-state index in [0.29, 0.717) is 17.5 Å². The lowest BCUT2D eigenvalue weighted by atomic mass is 9.84. The molecular weight excluding hydrogens is 837 g/mol. The monoisotopic (exact) mass is 876 g/mol. The van der Waals surface area contributed by atoms with E-state index in [1.54, 1.807) is 0 Å². The van der Waals surface area contributed by atoms with Gasteiger partial charge in [0.25, 0.3) is 0 Å². The van der Waals surface area contributed by atoms with Gasteiger partial charge >= 0.3 is 0 Å². The molecule has 4 heteroatoms. The lowest BCUT2D eigenvalue weighted by Gasteiger charge is -2.25. The largest absolute Gasteiger partial charge is 0.308 e. The van der Waals surface area contributed by atoms with E-state index in [2.05, 4.69) is 247 Å². The molecule has 0 aliphatic rings. The molecule has 14 rings (SSSR count). The zero-order valence-corrected chi connectivity index (χ0v) is 37.4. The Morgan fingerprint density at radius 3 is 1.35 bits per heavy atom. The minimum Gasteiger partial charge on any atom is -0.308 e. The van der Waals surface area contributed by atoms with E-state index >= 15 is 0 Å². The van der Waals surface area contributed by atoms with Gasteiger partial charge in [0.2, 0.25) is 0 Å². The summed E-state index contributed by atoms with van der Waals surface area (Å²) in [5.41, 5.74) is 10.5. The summed E-state index contributed by atoms with van der Waals surface area (Å²) in [5, 5.41) is 13.9. The van der Waals surface area contributed by atoms with Gasteiger partial charge in [0.1, 0.15) is 0 Å². The number of nitrogens with zero attached hydrogens (tertiary/aromatic N) is 4. The molecule has 2 heterocycles. The van der Waals surface area contributed by atoms with Crippen LogP contribution in [-0.4, -0.2) is 19.5 Å². The molecule has 0 aliphatic heterocycles. The Hall–Kier alpha value is -9.25. The summed E-state index contributed by atoms with van der Waals surface area (Å²) in [6, 6.07) is 87.3. The van der Waals surface area contributed by atoms with Crippen LogP contribution in [0.25, 0.3) is 138 Å². The first-order chi connectivity index (χ1) is 34.2. The fourth-order valence-electron chi connectivity index (χ4n) is 10.8. The zero-order chi connectivity index (χ0) is 45.4. The molecule has 0 spiro atoms. The smallest absolute Gasteiger partial charge is 0.165 e. The second-order valence-corrected chi connectivity index (χ2v) is 17.9. The molecule has 0 amide bonds. The molecule has 0 N–H and O–H groups in total. The third kappa shape index (κ3) is 6.34. The summed E-state index contributed by atoms with van der Waals surface area (Å²) in [4.78, 5) is 16.6. The Morgan fingerprint density at radius 1 is 0.246 bits per heavy atom. The van der Waals surface area contributed by atoms with Crippen LogP contribution in [0.15, 0.2) is 243 Å². The van der Waals surface area contributed by atoms with Crippen LogP contribution in [-0.2, 0) is 0 Å². The molecule has 0 atom stereocenters. The van der Waals surface area contributed by atoms with Crippen molar-refractivity contribution in [1.29, 1.82) is 0 Å². The molecule has 0 fully saturated rings. The minimum atomic E-state index is 0.606. The van der Waals surface area contributed by atoms with E-state index in [1.165, 1.54) is 32.3 Å². The summed E-state index contributed by atoms with van der Waals surface area (Å²) in [7, 11) is 0. The highest BCUT2D eigenvalue weighted by atomic mass is 15.0. The molecule has 0 aliphatic carbocycles. The van der Waals surface area contributed by atoms with Crippen molar-refractivity contribution >= 4 is 75.7 Å². The van der Waals surface area contributed by atoms with Crippen LogP contribution in [0.1, 0.15) is 0 Å². The SMILES string of the molecule is c1ccc(-c2c(-c3ccccc3)c(-n3c4cc5ccccc5cc4c4cc5ccccc5cc43)c3ccccc3c2-c2nc(-c3ccc4ccccc4c3)nc(-c3cccc4ccccc34)n2)cc1. The van der Waals surface area contributed by atoms with E-state index in [0.717, 1.165) is 88.0 Å². The van der Waals surface area contributed by atoms with Gasteiger partial charge in [0.15, 0.2) is 17.5 Å². The standard InChI is InChI=1S/C65H40N4/c1-3-20-43(21-4-1)59-60(44-22-5-2-6-23-44)62(69-57-39-48-27-11-9-25-46(48)37-55(57)56-38-47-26-10-12-28-49(47)40-58(56)69)53-32-16-15-31-52(53)61(59)65-67-63(50-35-34-41-18-7-8-24-45(41)36-50)66-64(68-65)54-33-17-29-42-19-13-14-30-51(42)54/h1-40H. The number of aromatic nitrogens is 4. The summed E-state index contributed by atoms with van der Waals surface area (Å²) >= 11 is 0. The second-order valence-electron chi connectivity index (χ2n) is 17.9. The molecule has 0 radical (unpaired) electrons. The topological polar surface area (TPSA) is 43.6 Å². The summed E-state index contributed by atoms with van der Waals surface area (Å²) in [6.45, 7) is 0. The first kappa shape index (κ1) is 39.0. The summed E-state index contributed by atoms with van der Waals surface area (Å²) < 4.78 is 2.54. The second kappa shape index (κ2) is 15.7. The number of benzene rings is 12. The van der Waals surface area contributed by atoms with Gasteiger partial charge in [0.05, 0.1) is 16.7 Å². The number of fused-ring (bicyclic) bond motifs is 8. The highest BCUT2D eigenvalue weighted by Gasteiger charge is 2.29. The van der Waals surface area contributed by atoms with Crippen molar-refractivity contribution in [2.75, 3.05) is 0 Å². The number of rotatable bonds is 6. The minimum absolute atomic E-state index is 0.606. The average Bonchev–Trinajstić information content (AvgIpc) is 3.72. The van der Waals surface area contributed by atoms with Crippen LogP contribution < -0.4 is 0 Å². The quantitative estimate of drug-likeness (QED) is 0.167. The lowest BCUT2D eigenvalue weighted by molar-refractivity contribution is 1.08. The van der Waals surface area contributed by atoms with Gasteiger partial charge in [-0.2, -0.15) is 0 Å². The van der Waals surface area contributed by atoms with Crippen molar-refractivity contribution in [2.45, 2.75) is 0 Å². The maximum Gasteiger partial charge on any atom is 0.165 e. The molecule has 14 aromatic rings. The van der Waals surface area contributed by atoms with Gasteiger partial charge in [-0.3, -0.25) is 0 Å². The van der Waals surface area contributed by atoms with E-state index in [-0.39, 0.29) is 0 Å². The van der Waals surface area contributed by atoms with Crippen LogP contribution in [0.2, 0.25) is 0 Å². The van der Waals surface area contributed by atoms with Gasteiger partial charge in [-0.25, -0.2) is 15.0 Å². The third-order valence-corrected chi connectivity index (χ3v) is 13.9. The van der Waals surface area contributed by atoms with Crippen LogP contribution in [0.4, 0.5) is 0 Å². The van der Waals surface area contributed by atoms with Gasteiger partial charge in [0, 0.05) is 44.0 Å². The Balaban J connectivity index is 1.18. The van der Waals surface area contributed by atoms with E-state index in [1.807, 2.05) is 0 Å². The van der Waals surface area contributed by atoms with E-state index < -0.39 is 0 Å². The lowest BCUT2D eigenvalue weighted by Crippen LogP contribution is -2.06. The van der Waals surface area contributed by atoms with Crippen LogP contribution >= 0.6 is 0 Å². The maximum atomic E-state index is 5.61. The molecule has 0 saturated heterocycles. The zero-order valence-electron chi connectivity index (χ0n) is 37.4. The van der Waals surface area contributed by atoms with Crippen molar-refractivity contribution in [2.24, 2.45) is 0 Å². The molecule has 320 valence electrons. The number of hydrogen-bond acceptors (Lipinski definition) is 3. The van der Waals surface area contributed by atoms with Crippen LogP contribution in [0, 0.1) is 0 Å². The molecule has 0 unspecified atom stereocenters. The number of hydrogen-bond donors (Lipinski definition) is 0. The van der Waals surface area contributed by atoms with Crippen molar-refractivity contribution in [3.8, 4) is 62.1 Å². The molecule has 0 saturated carbocycles. The predicted molar refractivity (Wildman–Crippen MR) is 289 cm³/mol. The van der Waals surface area contributed by atoms with Crippen molar-refractivity contribution in [1.82, 2.24) is 19.5 Å². The van der Waals surface area contributed by atoms with Gasteiger partial charge in [-0.15, -0.1) is 0 Å². The van der Waals surface area contributed by atoms with Crippen LogP contribution in [0.5, 0.6) is 0 Å². The Bertz CT molecular complexity index is 4260. The Labute approximate surface area is 398 Å². The molecule has 2 aromatic heterocycles. The predicted octanol–water partition coefficient (Wildman–Crippen LogP) is 17.1. The van der Waals surface area contributed by atoms with E-state index in [4.69, 9.17) is 15.0 Å². The van der Waals surface area contributed by atoms with Gasteiger partial charge < -0.3 is 4.57 Å².